The van der Waals surface area contributed by atoms with Gasteiger partial charge in [0.2, 0.25) is 5.82 Å². The molecule has 286 valence electrons. The zero-order chi connectivity index (χ0) is 37.7. The minimum absolute atomic E-state index is 0.157. The Bertz CT molecular complexity index is 1550. The molecule has 1 saturated heterocycles. The lowest BCUT2D eigenvalue weighted by molar-refractivity contribution is -0.255. The van der Waals surface area contributed by atoms with Gasteiger partial charge in [-0.25, -0.2) is 9.67 Å². The maximum atomic E-state index is 13.5. The molecule has 6 rings (SSSR count). The molecule has 10 heteroatoms. The molecule has 3 N–H and O–H groups in total. The number of nitrogens with zero attached hydrogens (tertiary/aromatic N) is 4. The molecular formula is C41H67N5O5. The third-order valence-corrected chi connectivity index (χ3v) is 17.0. The number of rotatable bonds is 10. The summed E-state index contributed by atoms with van der Waals surface area (Å²) in [5, 5.41) is 15.8. The van der Waals surface area contributed by atoms with Crippen LogP contribution in [0.1, 0.15) is 124 Å². The average Bonchev–Trinajstić information content (AvgIpc) is 3.54. The minimum Gasteiger partial charge on any atom is -0.481 e. The van der Waals surface area contributed by atoms with Crippen LogP contribution in [0.3, 0.4) is 0 Å². The number of carbonyl (C=O) groups is 2. The molecule has 1 unspecified atom stereocenters. The molecular weight excluding hydrogens is 642 g/mol. The van der Waals surface area contributed by atoms with Crippen LogP contribution in [0, 0.1) is 62.6 Å². The van der Waals surface area contributed by atoms with Gasteiger partial charge in [-0.3, -0.25) is 9.59 Å². The van der Waals surface area contributed by atoms with Crippen LogP contribution in [0.25, 0.3) is 0 Å². The summed E-state index contributed by atoms with van der Waals surface area (Å²) < 4.78 is 15.7. The number of likely N-dealkylation sites (N-methyl/N-ethyl adjacent to an activating group) is 1. The van der Waals surface area contributed by atoms with E-state index in [2.05, 4.69) is 104 Å². The van der Waals surface area contributed by atoms with Crippen LogP contribution in [0.4, 0.5) is 0 Å². The fourth-order valence-corrected chi connectivity index (χ4v) is 12.9. The molecule has 4 fully saturated rings. The van der Waals surface area contributed by atoms with E-state index in [1.165, 1.54) is 11.9 Å². The summed E-state index contributed by atoms with van der Waals surface area (Å²) in [6, 6.07) is -0.284. The number of amides is 1. The topological polar surface area (TPSA) is 133 Å². The first-order chi connectivity index (χ1) is 23.7. The van der Waals surface area contributed by atoms with Gasteiger partial charge in [-0.2, -0.15) is 5.10 Å². The number of carboxylic acid groups (broad SMARTS) is 1. The Labute approximate surface area is 306 Å². The maximum Gasteiger partial charge on any atom is 0.307 e. The Hall–Kier alpha value is -2.30. The first-order valence-electron chi connectivity index (χ1n) is 19.6. The second kappa shape index (κ2) is 12.6. The third kappa shape index (κ3) is 5.25. The molecule has 1 aliphatic heterocycles. The zero-order valence-corrected chi connectivity index (χ0v) is 33.6. The van der Waals surface area contributed by atoms with Crippen LogP contribution in [-0.2, 0) is 14.3 Å². The Morgan fingerprint density at radius 3 is 2.37 bits per heavy atom. The first kappa shape index (κ1) is 38.4. The van der Waals surface area contributed by atoms with Crippen LogP contribution >= 0.6 is 0 Å². The van der Waals surface area contributed by atoms with Gasteiger partial charge >= 0.3 is 5.97 Å². The van der Waals surface area contributed by atoms with Crippen molar-refractivity contribution in [3.05, 3.63) is 23.8 Å². The molecule has 1 aromatic heterocycles. The van der Waals surface area contributed by atoms with Crippen molar-refractivity contribution in [2.75, 3.05) is 33.9 Å². The lowest BCUT2D eigenvalue weighted by Gasteiger charge is -2.71. The monoisotopic (exact) mass is 710 g/mol. The molecule has 4 aliphatic carbocycles. The number of allylic oxidation sites excluding steroid dienone is 1. The SMILES string of the molecule is CC(C)[C@@H](C)[C@@]1(C)CC[C@]2(C)[C@H]3CC[C@@H]4C5(COC[C@]4(C)[C@@H](OC[C@](C)(C(C)C)N(C)C)[C@H](n4ncnc4C(N)=O)C5)C3=CC[C@@]2(C)[C@@H]1C(=O)O. The van der Waals surface area contributed by atoms with Gasteiger partial charge in [0.15, 0.2) is 0 Å². The molecule has 0 spiro atoms. The predicted octanol–water partition coefficient (Wildman–Crippen LogP) is 6.87. The minimum atomic E-state index is -0.648. The number of carboxylic acids is 1. The van der Waals surface area contributed by atoms with Crippen molar-refractivity contribution in [2.45, 2.75) is 125 Å². The van der Waals surface area contributed by atoms with Gasteiger partial charge in [-0.05, 0) is 105 Å². The molecule has 12 atom stereocenters. The van der Waals surface area contributed by atoms with Gasteiger partial charge in [0, 0.05) is 16.4 Å². The molecule has 51 heavy (non-hydrogen) atoms. The standard InChI is InChI=1S/C41H67N5O5/c1-24(2)26(5)36(6)17-18-38(8)27-13-14-30-37(7)20-50-22-41(30,28(27)15-16-39(38,9)31(36)35(48)49)19-29(46-34(33(42)47)43-23-44-46)32(37)51-21-40(10,25(3)4)45(11)12/h15,23-27,29-32H,13-14,16-22H2,1-12H3,(H2,42,47)(H,48,49)/t26-,27+,29-,30+,31-,32+,36-,37+,38-,39+,40-,41?/m1/s1. The quantitative estimate of drug-likeness (QED) is 0.252. The lowest BCUT2D eigenvalue weighted by Crippen LogP contribution is -2.69. The van der Waals surface area contributed by atoms with E-state index in [1.807, 2.05) is 0 Å². The van der Waals surface area contributed by atoms with E-state index >= 15 is 0 Å². The fraction of sp³-hybridized carbons (Fsp3) is 0.854. The summed E-state index contributed by atoms with van der Waals surface area (Å²) in [5.41, 5.74) is 5.59. The van der Waals surface area contributed by atoms with Crippen LogP contribution in [-0.4, -0.2) is 82.2 Å². The molecule has 5 aliphatic rings. The lowest BCUT2D eigenvalue weighted by atomic mass is 9.34. The number of nitrogens with two attached hydrogens (primary N) is 1. The molecule has 1 amide bonds. The fourth-order valence-electron chi connectivity index (χ4n) is 12.9. The van der Waals surface area contributed by atoms with Crippen molar-refractivity contribution in [3.63, 3.8) is 0 Å². The largest absolute Gasteiger partial charge is 0.481 e. The van der Waals surface area contributed by atoms with Crippen molar-refractivity contribution < 1.29 is 24.2 Å². The summed E-state index contributed by atoms with van der Waals surface area (Å²) in [4.78, 5) is 32.9. The molecule has 0 aromatic carbocycles. The van der Waals surface area contributed by atoms with Gasteiger partial charge in [0.1, 0.15) is 6.33 Å². The molecule has 2 heterocycles. The second-order valence-corrected chi connectivity index (χ2v) is 19.6. The third-order valence-electron chi connectivity index (χ3n) is 17.0. The Morgan fingerprint density at radius 2 is 1.78 bits per heavy atom. The summed E-state index contributed by atoms with van der Waals surface area (Å²) in [7, 11) is 4.22. The smallest absolute Gasteiger partial charge is 0.307 e. The highest BCUT2D eigenvalue weighted by molar-refractivity contribution is 5.89. The average molecular weight is 710 g/mol. The van der Waals surface area contributed by atoms with E-state index in [9.17, 15) is 14.7 Å². The van der Waals surface area contributed by atoms with Crippen LogP contribution in [0.2, 0.25) is 0 Å². The van der Waals surface area contributed by atoms with E-state index < -0.39 is 23.2 Å². The normalized spacial score (nSPS) is 42.4. The molecule has 2 bridgehead atoms. The maximum absolute atomic E-state index is 13.5. The first-order valence-corrected chi connectivity index (χ1v) is 19.6. The molecule has 3 saturated carbocycles. The van der Waals surface area contributed by atoms with Gasteiger partial charge in [0.25, 0.3) is 5.91 Å². The summed E-state index contributed by atoms with van der Waals surface area (Å²) in [5.74, 6) is 0.0278. The highest BCUT2D eigenvalue weighted by Crippen LogP contribution is 2.75. The Morgan fingerprint density at radius 1 is 1.10 bits per heavy atom. The summed E-state index contributed by atoms with van der Waals surface area (Å²) in [6.45, 7) is 24.5. The highest BCUT2D eigenvalue weighted by atomic mass is 16.5. The Kier molecular flexibility index (Phi) is 9.53. The van der Waals surface area contributed by atoms with Gasteiger partial charge in [-0.1, -0.05) is 74.0 Å². The van der Waals surface area contributed by atoms with E-state index in [0.717, 1.165) is 32.1 Å². The zero-order valence-electron chi connectivity index (χ0n) is 33.6. The van der Waals surface area contributed by atoms with Crippen LogP contribution in [0.5, 0.6) is 0 Å². The number of aromatic nitrogens is 3. The van der Waals surface area contributed by atoms with Crippen molar-refractivity contribution >= 4 is 11.9 Å². The van der Waals surface area contributed by atoms with Gasteiger partial charge in [-0.15, -0.1) is 0 Å². The Balaban J connectivity index is 1.47. The van der Waals surface area contributed by atoms with Crippen molar-refractivity contribution in [2.24, 2.45) is 68.3 Å². The highest BCUT2D eigenvalue weighted by Gasteiger charge is 2.72. The van der Waals surface area contributed by atoms with Gasteiger partial charge < -0.3 is 25.2 Å². The van der Waals surface area contributed by atoms with Crippen LogP contribution in [0.15, 0.2) is 18.0 Å². The van der Waals surface area contributed by atoms with E-state index in [4.69, 9.17) is 15.2 Å². The van der Waals surface area contributed by atoms with Crippen molar-refractivity contribution in [3.8, 4) is 0 Å². The van der Waals surface area contributed by atoms with Crippen molar-refractivity contribution in [1.29, 1.82) is 0 Å². The van der Waals surface area contributed by atoms with Crippen molar-refractivity contribution in [1.82, 2.24) is 19.7 Å². The number of primary amides is 1. The predicted molar refractivity (Wildman–Crippen MR) is 198 cm³/mol. The second-order valence-electron chi connectivity index (χ2n) is 19.6. The number of carbonyl (C=O) groups excluding carboxylic acids is 1. The van der Waals surface area contributed by atoms with E-state index in [0.29, 0.717) is 44.0 Å². The molecule has 0 radical (unpaired) electrons. The molecule has 10 nitrogen and oxygen atoms in total. The number of hydrogen-bond acceptors (Lipinski definition) is 7. The van der Waals surface area contributed by atoms with E-state index in [-0.39, 0.29) is 57.0 Å². The summed E-state index contributed by atoms with van der Waals surface area (Å²) >= 11 is 0. The van der Waals surface area contributed by atoms with Gasteiger partial charge in [0.05, 0.1) is 37.9 Å². The molecule has 1 aromatic rings. The summed E-state index contributed by atoms with van der Waals surface area (Å²) in [6.07, 6.45) is 8.99. The van der Waals surface area contributed by atoms with E-state index in [1.54, 1.807) is 4.68 Å². The van der Waals surface area contributed by atoms with Crippen LogP contribution < -0.4 is 5.73 Å². The number of ether oxygens (including phenoxy) is 2. The number of fused-ring (bicyclic) bond motifs is 3. The number of hydrogen-bond donors (Lipinski definition) is 2. The number of aliphatic carboxylic acids is 1.